The lowest BCUT2D eigenvalue weighted by molar-refractivity contribution is -0.0137. The molecule has 9 nitrogen and oxygen atoms in total. The Balaban J connectivity index is 1.45. The Hall–Kier alpha value is -3.20. The SMILES string of the molecule is Cc1cc(-c2cc3nc(C)c(C)c(N4C5CCC4CC(O)(c4nccn4C)C5)n3n2)no1. The molecule has 0 radical (unpaired) electrons. The highest BCUT2D eigenvalue weighted by atomic mass is 16.5. The van der Waals surface area contributed by atoms with Gasteiger partial charge in [0.05, 0.1) is 0 Å². The van der Waals surface area contributed by atoms with Gasteiger partial charge in [-0.05, 0) is 33.6 Å². The molecule has 0 spiro atoms. The first-order valence-electron chi connectivity index (χ1n) is 11.1. The van der Waals surface area contributed by atoms with E-state index in [9.17, 15) is 5.11 Å². The van der Waals surface area contributed by atoms with Crippen molar-refractivity contribution in [2.24, 2.45) is 7.05 Å². The van der Waals surface area contributed by atoms with Crippen LogP contribution in [-0.2, 0) is 12.6 Å². The summed E-state index contributed by atoms with van der Waals surface area (Å²) in [4.78, 5) is 11.7. The normalized spacial score (nSPS) is 25.2. The third-order valence-corrected chi connectivity index (χ3v) is 7.19. The predicted octanol–water partition coefficient (Wildman–Crippen LogP) is 3.06. The van der Waals surface area contributed by atoms with Crippen LogP contribution in [0.4, 0.5) is 5.82 Å². The average Bonchev–Trinajstić information content (AvgIpc) is 3.51. The fourth-order valence-electron chi connectivity index (χ4n) is 5.67. The molecule has 0 saturated carbocycles. The fraction of sp³-hybridized carbons (Fsp3) is 0.478. The lowest BCUT2D eigenvalue weighted by Gasteiger charge is -2.44. The zero-order valence-corrected chi connectivity index (χ0v) is 18.8. The number of aryl methyl sites for hydroxylation is 3. The summed E-state index contributed by atoms with van der Waals surface area (Å²) in [6, 6.07) is 4.27. The van der Waals surface area contributed by atoms with Crippen LogP contribution < -0.4 is 4.90 Å². The quantitative estimate of drug-likeness (QED) is 0.530. The molecule has 2 saturated heterocycles. The van der Waals surface area contributed by atoms with E-state index in [0.717, 1.165) is 52.8 Å². The van der Waals surface area contributed by atoms with Gasteiger partial charge >= 0.3 is 0 Å². The number of anilines is 1. The van der Waals surface area contributed by atoms with E-state index in [-0.39, 0.29) is 12.1 Å². The summed E-state index contributed by atoms with van der Waals surface area (Å²) in [6.07, 6.45) is 7.03. The van der Waals surface area contributed by atoms with Crippen LogP contribution in [0.1, 0.15) is 48.5 Å². The van der Waals surface area contributed by atoms with Crippen molar-refractivity contribution >= 4 is 11.5 Å². The van der Waals surface area contributed by atoms with Gasteiger partial charge in [-0.15, -0.1) is 0 Å². The number of rotatable bonds is 3. The van der Waals surface area contributed by atoms with Crippen molar-refractivity contribution in [1.82, 2.24) is 29.3 Å². The monoisotopic (exact) mass is 433 g/mol. The average molecular weight is 434 g/mol. The topological polar surface area (TPSA) is 97.5 Å². The van der Waals surface area contributed by atoms with Crippen LogP contribution >= 0.6 is 0 Å². The first-order chi connectivity index (χ1) is 15.3. The maximum atomic E-state index is 11.6. The van der Waals surface area contributed by atoms with Crippen molar-refractivity contribution in [3.63, 3.8) is 0 Å². The summed E-state index contributed by atoms with van der Waals surface area (Å²) in [6.45, 7) is 6.03. The second-order valence-corrected chi connectivity index (χ2v) is 9.36. The summed E-state index contributed by atoms with van der Waals surface area (Å²) < 4.78 is 9.14. The summed E-state index contributed by atoms with van der Waals surface area (Å²) in [5.74, 6) is 2.57. The smallest absolute Gasteiger partial charge is 0.158 e. The molecule has 2 atom stereocenters. The van der Waals surface area contributed by atoms with Gasteiger partial charge in [-0.25, -0.2) is 9.97 Å². The van der Waals surface area contributed by atoms with E-state index in [1.165, 1.54) is 0 Å². The standard InChI is InChI=1S/C23H27N7O2/c1-13-9-19(27-32-13)18-10-20-25-15(3)14(2)21(30(20)26-18)29-16-5-6-17(29)12-23(31,11-16)22-24-7-8-28(22)4/h7-10,16-17,31H,5-6,11-12H2,1-4H3. The van der Waals surface area contributed by atoms with E-state index in [4.69, 9.17) is 14.6 Å². The first-order valence-corrected chi connectivity index (χ1v) is 11.1. The third kappa shape index (κ3) is 2.73. The molecule has 1 N–H and O–H groups in total. The molecule has 0 aromatic carbocycles. The molecule has 0 amide bonds. The third-order valence-electron chi connectivity index (χ3n) is 7.19. The van der Waals surface area contributed by atoms with Crippen molar-refractivity contribution in [1.29, 1.82) is 0 Å². The van der Waals surface area contributed by atoms with Gasteiger partial charge in [0.2, 0.25) is 0 Å². The molecular weight excluding hydrogens is 406 g/mol. The van der Waals surface area contributed by atoms with Crippen molar-refractivity contribution in [2.75, 3.05) is 4.90 Å². The maximum Gasteiger partial charge on any atom is 0.158 e. The minimum Gasteiger partial charge on any atom is -0.382 e. The molecule has 6 rings (SSSR count). The zero-order chi connectivity index (χ0) is 22.2. The minimum absolute atomic E-state index is 0.209. The molecule has 2 bridgehead atoms. The number of aromatic nitrogens is 6. The van der Waals surface area contributed by atoms with Crippen LogP contribution in [0.15, 0.2) is 29.0 Å². The number of imidazole rings is 1. The Morgan fingerprint density at radius 3 is 2.47 bits per heavy atom. The van der Waals surface area contributed by atoms with Crippen molar-refractivity contribution in [3.05, 3.63) is 47.4 Å². The van der Waals surface area contributed by atoms with Crippen LogP contribution in [0.5, 0.6) is 0 Å². The van der Waals surface area contributed by atoms with Gasteiger partial charge in [0.1, 0.15) is 34.4 Å². The largest absolute Gasteiger partial charge is 0.382 e. The number of nitrogens with zero attached hydrogens (tertiary/aromatic N) is 7. The lowest BCUT2D eigenvalue weighted by Crippen LogP contribution is -2.51. The minimum atomic E-state index is -0.913. The van der Waals surface area contributed by atoms with Gasteiger partial charge in [0.15, 0.2) is 5.65 Å². The second kappa shape index (κ2) is 6.65. The van der Waals surface area contributed by atoms with Crippen LogP contribution in [0.3, 0.4) is 0 Å². The van der Waals surface area contributed by atoms with Crippen molar-refractivity contribution in [3.8, 4) is 11.4 Å². The Morgan fingerprint density at radius 1 is 1.09 bits per heavy atom. The van der Waals surface area contributed by atoms with E-state index < -0.39 is 5.60 Å². The van der Waals surface area contributed by atoms with Crippen LogP contribution in [0, 0.1) is 20.8 Å². The molecule has 6 heterocycles. The number of fused-ring (bicyclic) bond motifs is 3. The number of aliphatic hydroxyl groups is 1. The molecule has 4 aromatic rings. The zero-order valence-electron chi connectivity index (χ0n) is 18.8. The molecule has 32 heavy (non-hydrogen) atoms. The van der Waals surface area contributed by atoms with Gasteiger partial charge in [-0.1, -0.05) is 5.16 Å². The van der Waals surface area contributed by atoms with E-state index in [2.05, 4.69) is 22.0 Å². The maximum absolute atomic E-state index is 11.6. The lowest BCUT2D eigenvalue weighted by atomic mass is 9.85. The molecule has 2 fully saturated rings. The Labute approximate surface area is 185 Å². The van der Waals surface area contributed by atoms with Gasteiger partial charge in [0.25, 0.3) is 0 Å². The van der Waals surface area contributed by atoms with Crippen LogP contribution in [0.2, 0.25) is 0 Å². The van der Waals surface area contributed by atoms with E-state index in [1.807, 2.05) is 48.3 Å². The number of hydrogen-bond acceptors (Lipinski definition) is 7. The van der Waals surface area contributed by atoms with E-state index in [1.54, 1.807) is 6.20 Å². The van der Waals surface area contributed by atoms with Crippen molar-refractivity contribution < 1.29 is 9.63 Å². The molecule has 0 aliphatic carbocycles. The Morgan fingerprint density at radius 2 is 1.84 bits per heavy atom. The highest BCUT2D eigenvalue weighted by molar-refractivity contribution is 5.65. The van der Waals surface area contributed by atoms with Gasteiger partial charge < -0.3 is 19.1 Å². The van der Waals surface area contributed by atoms with Gasteiger partial charge in [-0.2, -0.15) is 9.61 Å². The second-order valence-electron chi connectivity index (χ2n) is 9.36. The molecule has 4 aromatic heterocycles. The Bertz CT molecular complexity index is 1320. The summed E-state index contributed by atoms with van der Waals surface area (Å²) in [7, 11) is 1.95. The summed E-state index contributed by atoms with van der Waals surface area (Å²) >= 11 is 0. The van der Waals surface area contributed by atoms with Gasteiger partial charge in [-0.3, -0.25) is 0 Å². The summed E-state index contributed by atoms with van der Waals surface area (Å²) in [5, 5.41) is 20.6. The number of piperidine rings is 1. The van der Waals surface area contributed by atoms with Crippen LogP contribution in [0.25, 0.3) is 17.0 Å². The fourth-order valence-corrected chi connectivity index (χ4v) is 5.67. The predicted molar refractivity (Wildman–Crippen MR) is 118 cm³/mol. The first kappa shape index (κ1) is 19.5. The Kier molecular flexibility index (Phi) is 4.05. The van der Waals surface area contributed by atoms with Crippen molar-refractivity contribution in [2.45, 2.75) is 64.1 Å². The molecule has 166 valence electrons. The molecule has 2 aliphatic rings. The molecule has 2 aliphatic heterocycles. The number of hydrogen-bond donors (Lipinski definition) is 1. The van der Waals surface area contributed by atoms with E-state index >= 15 is 0 Å². The molecule has 9 heteroatoms. The molecule has 2 unspecified atom stereocenters. The van der Waals surface area contributed by atoms with Gasteiger partial charge in [0, 0.05) is 67.8 Å². The molecular formula is C23H27N7O2. The van der Waals surface area contributed by atoms with E-state index in [0.29, 0.717) is 18.5 Å². The summed E-state index contributed by atoms with van der Waals surface area (Å²) in [5.41, 5.74) is 3.43. The van der Waals surface area contributed by atoms with Crippen LogP contribution in [-0.4, -0.2) is 46.5 Å². The highest BCUT2D eigenvalue weighted by Crippen LogP contribution is 2.48. The highest BCUT2D eigenvalue weighted by Gasteiger charge is 2.51.